The highest BCUT2D eigenvalue weighted by atomic mass is 14.7. The average Bonchev–Trinajstić information content (AvgIpc) is 3.73. The van der Waals surface area contributed by atoms with Gasteiger partial charge in [0.25, 0.3) is 0 Å². The summed E-state index contributed by atoms with van der Waals surface area (Å²) >= 11 is 0. The monoisotopic (exact) mass is 693 g/mol. The maximum atomic E-state index is 5.42. The predicted octanol–water partition coefficient (Wildman–Crippen LogP) is 14.0. The van der Waals surface area contributed by atoms with Crippen LogP contribution in [-0.4, -0.2) is 4.98 Å². The zero-order valence-corrected chi connectivity index (χ0v) is 29.8. The van der Waals surface area contributed by atoms with Crippen molar-refractivity contribution in [2.75, 3.05) is 0 Å². The van der Waals surface area contributed by atoms with Crippen LogP contribution in [0.25, 0.3) is 98.6 Å². The highest BCUT2D eigenvalue weighted by Crippen LogP contribution is 2.64. The zero-order chi connectivity index (χ0) is 35.8. The number of pyridine rings is 1. The zero-order valence-electron chi connectivity index (χ0n) is 29.8. The number of fused-ring (bicyclic) bond motifs is 14. The van der Waals surface area contributed by atoms with E-state index in [1.165, 1.54) is 104 Å². The minimum absolute atomic E-state index is 0.389. The number of rotatable bonds is 2. The first-order valence-electron chi connectivity index (χ1n) is 19.2. The first-order valence-corrected chi connectivity index (χ1v) is 19.2. The summed E-state index contributed by atoms with van der Waals surface area (Å²) < 4.78 is 0. The van der Waals surface area contributed by atoms with E-state index in [-0.39, 0.29) is 5.41 Å². The summed E-state index contributed by atoms with van der Waals surface area (Å²) in [7, 11) is 0. The molecule has 1 nitrogen and oxygen atoms in total. The Hall–Kier alpha value is -7.09. The molecule has 0 fully saturated rings. The van der Waals surface area contributed by atoms with Crippen LogP contribution in [0.3, 0.4) is 0 Å². The molecule has 11 aromatic rings. The molecule has 0 unspecified atom stereocenters. The summed E-state index contributed by atoms with van der Waals surface area (Å²) in [6.07, 6.45) is 0. The van der Waals surface area contributed by atoms with Crippen LogP contribution >= 0.6 is 0 Å². The average molecular weight is 694 g/mol. The molecule has 1 spiro atoms. The Morgan fingerprint density at radius 2 is 0.873 bits per heavy atom. The van der Waals surface area contributed by atoms with E-state index >= 15 is 0 Å². The lowest BCUT2D eigenvalue weighted by Gasteiger charge is -2.30. The predicted molar refractivity (Wildman–Crippen MR) is 230 cm³/mol. The molecule has 0 saturated carbocycles. The molecular formula is C54H31N. The van der Waals surface area contributed by atoms with Gasteiger partial charge in [-0.05, 0) is 94.0 Å². The van der Waals surface area contributed by atoms with Crippen molar-refractivity contribution in [2.24, 2.45) is 0 Å². The third-order valence-electron chi connectivity index (χ3n) is 12.8. The van der Waals surface area contributed by atoms with E-state index in [9.17, 15) is 0 Å². The molecule has 1 aromatic heterocycles. The minimum atomic E-state index is -0.389. The van der Waals surface area contributed by atoms with Crippen LogP contribution in [0.1, 0.15) is 22.3 Å². The quantitative estimate of drug-likeness (QED) is 0.164. The number of benzene rings is 10. The van der Waals surface area contributed by atoms with E-state index in [1.54, 1.807) is 0 Å². The van der Waals surface area contributed by atoms with Gasteiger partial charge in [0.2, 0.25) is 0 Å². The van der Waals surface area contributed by atoms with E-state index in [4.69, 9.17) is 4.98 Å². The van der Waals surface area contributed by atoms with Crippen LogP contribution in [0, 0.1) is 0 Å². The molecule has 1 heteroatoms. The van der Waals surface area contributed by atoms with Gasteiger partial charge in [-0.15, -0.1) is 0 Å². The SMILES string of the molecule is c1ccc2c(c1)-c1ccccc1C21c2ccccc2-c2c1ccc1c(-c3ccc(-c4ccc5ccc6cccc7ccc4c5c67)cc3)nc3ccccc3c21. The fraction of sp³-hybridized carbons (Fsp3) is 0.0185. The van der Waals surface area contributed by atoms with Crippen LogP contribution in [0.4, 0.5) is 0 Å². The van der Waals surface area contributed by atoms with E-state index in [1.807, 2.05) is 0 Å². The Bertz CT molecular complexity index is 3360. The van der Waals surface area contributed by atoms with Gasteiger partial charge in [0, 0.05) is 21.7 Å². The second-order valence-corrected chi connectivity index (χ2v) is 15.3. The van der Waals surface area contributed by atoms with Crippen LogP contribution in [0.5, 0.6) is 0 Å². The lowest BCUT2D eigenvalue weighted by molar-refractivity contribution is 0.794. The largest absolute Gasteiger partial charge is 0.247 e. The van der Waals surface area contributed by atoms with Gasteiger partial charge in [-0.3, -0.25) is 0 Å². The normalized spacial score (nSPS) is 13.6. The first kappa shape index (κ1) is 29.4. The third-order valence-corrected chi connectivity index (χ3v) is 12.8. The van der Waals surface area contributed by atoms with Crippen molar-refractivity contribution < 1.29 is 0 Å². The van der Waals surface area contributed by atoms with Crippen molar-refractivity contribution in [1.82, 2.24) is 4.98 Å². The second kappa shape index (κ2) is 10.5. The van der Waals surface area contributed by atoms with Crippen molar-refractivity contribution in [3.63, 3.8) is 0 Å². The molecule has 55 heavy (non-hydrogen) atoms. The van der Waals surface area contributed by atoms with Gasteiger partial charge in [0.15, 0.2) is 0 Å². The summed E-state index contributed by atoms with van der Waals surface area (Å²) in [4.78, 5) is 5.42. The van der Waals surface area contributed by atoms with Crippen LogP contribution in [-0.2, 0) is 5.41 Å². The molecule has 10 aromatic carbocycles. The number of nitrogens with zero attached hydrogens (tertiary/aromatic N) is 1. The number of hydrogen-bond acceptors (Lipinski definition) is 1. The van der Waals surface area contributed by atoms with Crippen molar-refractivity contribution in [3.05, 3.63) is 210 Å². The van der Waals surface area contributed by atoms with Gasteiger partial charge in [0.05, 0.1) is 16.6 Å². The van der Waals surface area contributed by atoms with Crippen LogP contribution in [0.15, 0.2) is 188 Å². The molecule has 13 rings (SSSR count). The Labute approximate surface area is 318 Å². The molecule has 2 aliphatic carbocycles. The van der Waals surface area contributed by atoms with E-state index in [2.05, 4.69) is 188 Å². The highest BCUT2D eigenvalue weighted by molar-refractivity contribution is 6.25. The van der Waals surface area contributed by atoms with Gasteiger partial charge >= 0.3 is 0 Å². The van der Waals surface area contributed by atoms with Crippen LogP contribution in [0.2, 0.25) is 0 Å². The van der Waals surface area contributed by atoms with Crippen molar-refractivity contribution in [3.8, 4) is 44.6 Å². The van der Waals surface area contributed by atoms with Gasteiger partial charge in [-0.25, -0.2) is 4.98 Å². The van der Waals surface area contributed by atoms with Crippen LogP contribution < -0.4 is 0 Å². The fourth-order valence-electron chi connectivity index (χ4n) is 10.6. The van der Waals surface area contributed by atoms with E-state index in [0.717, 1.165) is 16.8 Å². The second-order valence-electron chi connectivity index (χ2n) is 15.3. The molecule has 0 N–H and O–H groups in total. The lowest BCUT2D eigenvalue weighted by atomic mass is 9.70. The molecular weight excluding hydrogens is 663 g/mol. The summed E-state index contributed by atoms with van der Waals surface area (Å²) in [6, 6.07) is 70.0. The van der Waals surface area contributed by atoms with E-state index < -0.39 is 0 Å². The summed E-state index contributed by atoms with van der Waals surface area (Å²) in [5.41, 5.74) is 15.9. The number of aromatic nitrogens is 1. The third kappa shape index (κ3) is 3.65. The standard InChI is InChI=1S/C54H31N/c1-5-16-44-38(12-1)39-13-2-6-17-45(39)54(44)46-18-7-3-14-41(46)52-47(54)31-30-43-51(52)42-15-4-8-19-48(42)55-53(43)36-24-20-32(21-25-36)37-28-26-35-23-22-33-10-9-11-34-27-29-40(37)50(35)49(33)34/h1-31H. The summed E-state index contributed by atoms with van der Waals surface area (Å²) in [6.45, 7) is 0. The first-order chi connectivity index (χ1) is 27.3. The van der Waals surface area contributed by atoms with Gasteiger partial charge in [-0.1, -0.05) is 182 Å². The maximum absolute atomic E-state index is 5.42. The molecule has 2 aliphatic rings. The molecule has 0 aliphatic heterocycles. The Morgan fingerprint density at radius 3 is 1.62 bits per heavy atom. The topological polar surface area (TPSA) is 12.9 Å². The number of hydrogen-bond donors (Lipinski definition) is 0. The summed E-state index contributed by atoms with van der Waals surface area (Å²) in [5.74, 6) is 0. The highest BCUT2D eigenvalue weighted by Gasteiger charge is 2.52. The Morgan fingerprint density at radius 1 is 0.309 bits per heavy atom. The molecule has 0 bridgehead atoms. The molecule has 0 amide bonds. The van der Waals surface area contributed by atoms with Crippen molar-refractivity contribution in [2.45, 2.75) is 5.41 Å². The van der Waals surface area contributed by atoms with Gasteiger partial charge < -0.3 is 0 Å². The summed E-state index contributed by atoms with van der Waals surface area (Å²) in [5, 5.41) is 11.5. The van der Waals surface area contributed by atoms with Crippen molar-refractivity contribution in [1.29, 1.82) is 0 Å². The van der Waals surface area contributed by atoms with E-state index in [0.29, 0.717) is 0 Å². The Balaban J connectivity index is 1.05. The molecule has 0 radical (unpaired) electrons. The smallest absolute Gasteiger partial charge is 0.0788 e. The molecule has 1 heterocycles. The van der Waals surface area contributed by atoms with Gasteiger partial charge in [0.1, 0.15) is 0 Å². The van der Waals surface area contributed by atoms with Gasteiger partial charge in [-0.2, -0.15) is 0 Å². The Kier molecular flexibility index (Phi) is 5.62. The number of para-hydroxylation sites is 1. The fourth-order valence-corrected chi connectivity index (χ4v) is 10.6. The van der Waals surface area contributed by atoms with Crippen molar-refractivity contribution >= 4 is 54.0 Å². The minimum Gasteiger partial charge on any atom is -0.247 e. The molecule has 252 valence electrons. The molecule has 0 atom stereocenters. The lowest BCUT2D eigenvalue weighted by Crippen LogP contribution is -2.25. The molecule has 0 saturated heterocycles. The maximum Gasteiger partial charge on any atom is 0.0788 e.